The van der Waals surface area contributed by atoms with Gasteiger partial charge in [0.25, 0.3) is 0 Å². The number of rotatable bonds is 5. The van der Waals surface area contributed by atoms with E-state index in [2.05, 4.69) is 37.5 Å². The van der Waals surface area contributed by atoms with E-state index in [-0.39, 0.29) is 24.2 Å². The summed E-state index contributed by atoms with van der Waals surface area (Å²) in [6.45, 7) is 6.91. The molecule has 0 bridgehead atoms. The second-order valence-electron chi connectivity index (χ2n) is 5.06. The number of halogens is 5. The SMILES string of the molecule is C=CC[C@H](c1cc(Br)ccc1OC(F)(F)F)N1CCNCC1.Cl. The second-order valence-corrected chi connectivity index (χ2v) is 5.97. The normalized spacial score (nSPS) is 17.2. The molecule has 2 rings (SSSR count). The van der Waals surface area contributed by atoms with Crippen molar-refractivity contribution in [3.8, 4) is 5.75 Å². The average molecular weight is 416 g/mol. The van der Waals surface area contributed by atoms with Crippen LogP contribution in [0.2, 0.25) is 0 Å². The van der Waals surface area contributed by atoms with Crippen molar-refractivity contribution in [3.05, 3.63) is 40.9 Å². The molecule has 23 heavy (non-hydrogen) atoms. The summed E-state index contributed by atoms with van der Waals surface area (Å²) < 4.78 is 42.8. The summed E-state index contributed by atoms with van der Waals surface area (Å²) in [6.07, 6.45) is -2.42. The third kappa shape index (κ3) is 5.99. The van der Waals surface area contributed by atoms with Crippen molar-refractivity contribution in [2.75, 3.05) is 26.2 Å². The zero-order valence-corrected chi connectivity index (χ0v) is 14.8. The van der Waals surface area contributed by atoms with E-state index in [0.717, 1.165) is 30.7 Å². The Morgan fingerprint density at radius 2 is 2.00 bits per heavy atom. The van der Waals surface area contributed by atoms with Crippen LogP contribution in [0.25, 0.3) is 0 Å². The molecular weight excluding hydrogens is 397 g/mol. The summed E-state index contributed by atoms with van der Waals surface area (Å²) in [5, 5.41) is 3.24. The van der Waals surface area contributed by atoms with E-state index in [1.807, 2.05) is 0 Å². The largest absolute Gasteiger partial charge is 0.573 e. The van der Waals surface area contributed by atoms with Crippen molar-refractivity contribution in [3.63, 3.8) is 0 Å². The summed E-state index contributed by atoms with van der Waals surface area (Å²) >= 11 is 3.33. The molecule has 0 aromatic heterocycles. The molecule has 3 nitrogen and oxygen atoms in total. The Labute approximate surface area is 148 Å². The summed E-state index contributed by atoms with van der Waals surface area (Å²) in [6, 6.07) is 4.41. The minimum Gasteiger partial charge on any atom is -0.405 e. The van der Waals surface area contributed by atoms with Gasteiger partial charge in [0.05, 0.1) is 0 Å². The molecule has 1 atom stereocenters. The standard InChI is InChI=1S/C15H18BrF3N2O.ClH/c1-2-3-13(21-8-6-20-7-9-21)12-10-11(16)4-5-14(12)22-15(17,18)19;/h2,4-5,10,13,20H,1,3,6-9H2;1H/t13-;/m1./s1. The fourth-order valence-corrected chi connectivity index (χ4v) is 3.00. The highest BCUT2D eigenvalue weighted by Crippen LogP contribution is 2.37. The quantitative estimate of drug-likeness (QED) is 0.726. The smallest absolute Gasteiger partial charge is 0.405 e. The number of nitrogens with one attached hydrogen (secondary N) is 1. The fraction of sp³-hybridized carbons (Fsp3) is 0.467. The first-order valence-electron chi connectivity index (χ1n) is 7.01. The zero-order chi connectivity index (χ0) is 16.2. The van der Waals surface area contributed by atoms with Gasteiger partial charge in [0.1, 0.15) is 5.75 Å². The lowest BCUT2D eigenvalue weighted by molar-refractivity contribution is -0.275. The molecular formula is C15H19BrClF3N2O. The lowest BCUT2D eigenvalue weighted by Crippen LogP contribution is -2.45. The van der Waals surface area contributed by atoms with Crippen LogP contribution in [-0.2, 0) is 0 Å². The predicted octanol–water partition coefficient (Wildman–Crippen LogP) is 4.29. The minimum atomic E-state index is -4.70. The minimum absolute atomic E-state index is 0. The number of hydrogen-bond donors (Lipinski definition) is 1. The first kappa shape index (κ1) is 20.3. The lowest BCUT2D eigenvalue weighted by Gasteiger charge is -2.35. The Bertz CT molecular complexity index is 522. The van der Waals surface area contributed by atoms with Gasteiger partial charge in [0.2, 0.25) is 0 Å². The molecule has 0 spiro atoms. The molecule has 1 aliphatic rings. The first-order valence-corrected chi connectivity index (χ1v) is 7.81. The second kappa shape index (κ2) is 8.92. The van der Waals surface area contributed by atoms with Gasteiger partial charge in [-0.05, 0) is 24.6 Å². The molecule has 0 aliphatic carbocycles. The molecule has 0 saturated carbocycles. The predicted molar refractivity (Wildman–Crippen MR) is 90.1 cm³/mol. The maximum Gasteiger partial charge on any atom is 0.573 e. The van der Waals surface area contributed by atoms with E-state index in [1.54, 1.807) is 18.2 Å². The highest BCUT2D eigenvalue weighted by molar-refractivity contribution is 9.10. The van der Waals surface area contributed by atoms with Crippen LogP contribution in [0.15, 0.2) is 35.3 Å². The van der Waals surface area contributed by atoms with E-state index in [1.165, 1.54) is 6.07 Å². The topological polar surface area (TPSA) is 24.5 Å². The highest BCUT2D eigenvalue weighted by Gasteiger charge is 2.34. The molecule has 1 aromatic rings. The Hall–Kier alpha value is -0.760. The maximum atomic E-state index is 12.6. The molecule has 1 aromatic carbocycles. The van der Waals surface area contributed by atoms with Crippen molar-refractivity contribution >= 4 is 28.3 Å². The number of hydrogen-bond acceptors (Lipinski definition) is 3. The monoisotopic (exact) mass is 414 g/mol. The fourth-order valence-electron chi connectivity index (χ4n) is 2.62. The molecule has 0 radical (unpaired) electrons. The van der Waals surface area contributed by atoms with E-state index >= 15 is 0 Å². The third-order valence-electron chi connectivity index (χ3n) is 3.54. The number of alkyl halides is 3. The molecule has 8 heteroatoms. The number of ether oxygens (including phenoxy) is 1. The van der Waals surface area contributed by atoms with Crippen LogP contribution in [0.3, 0.4) is 0 Å². The number of piperazine rings is 1. The van der Waals surface area contributed by atoms with Gasteiger partial charge in [-0.2, -0.15) is 0 Å². The van der Waals surface area contributed by atoms with Gasteiger partial charge in [0.15, 0.2) is 0 Å². The Morgan fingerprint density at radius 1 is 1.35 bits per heavy atom. The van der Waals surface area contributed by atoms with Crippen LogP contribution in [0.4, 0.5) is 13.2 Å². The van der Waals surface area contributed by atoms with E-state index in [4.69, 9.17) is 0 Å². The van der Waals surface area contributed by atoms with Crippen molar-refractivity contribution in [1.29, 1.82) is 0 Å². The van der Waals surface area contributed by atoms with E-state index in [0.29, 0.717) is 12.0 Å². The summed E-state index contributed by atoms with van der Waals surface area (Å²) in [5.74, 6) is -0.152. The molecule has 130 valence electrons. The molecule has 1 heterocycles. The molecule has 0 unspecified atom stereocenters. The maximum absolute atomic E-state index is 12.6. The molecule has 1 fully saturated rings. The van der Waals surface area contributed by atoms with Crippen LogP contribution in [0.1, 0.15) is 18.0 Å². The van der Waals surface area contributed by atoms with E-state index in [9.17, 15) is 13.2 Å². The molecule has 1 N–H and O–H groups in total. The Morgan fingerprint density at radius 3 is 2.57 bits per heavy atom. The van der Waals surface area contributed by atoms with Crippen molar-refractivity contribution < 1.29 is 17.9 Å². The van der Waals surface area contributed by atoms with Gasteiger partial charge in [-0.15, -0.1) is 32.2 Å². The van der Waals surface area contributed by atoms with Crippen LogP contribution < -0.4 is 10.1 Å². The molecule has 0 amide bonds. The summed E-state index contributed by atoms with van der Waals surface area (Å²) in [7, 11) is 0. The van der Waals surface area contributed by atoms with Gasteiger partial charge in [-0.3, -0.25) is 4.90 Å². The van der Waals surface area contributed by atoms with Crippen molar-refractivity contribution in [2.45, 2.75) is 18.8 Å². The van der Waals surface area contributed by atoms with Gasteiger partial charge in [-0.25, -0.2) is 0 Å². The zero-order valence-electron chi connectivity index (χ0n) is 12.4. The number of benzene rings is 1. The average Bonchev–Trinajstić information content (AvgIpc) is 2.46. The summed E-state index contributed by atoms with van der Waals surface area (Å²) in [4.78, 5) is 2.16. The van der Waals surface area contributed by atoms with Crippen molar-refractivity contribution in [1.82, 2.24) is 10.2 Å². The van der Waals surface area contributed by atoms with Gasteiger partial charge in [0, 0.05) is 42.3 Å². The van der Waals surface area contributed by atoms with Crippen LogP contribution in [0, 0.1) is 0 Å². The van der Waals surface area contributed by atoms with Crippen LogP contribution in [-0.4, -0.2) is 37.4 Å². The van der Waals surface area contributed by atoms with E-state index < -0.39 is 6.36 Å². The summed E-state index contributed by atoms with van der Waals surface area (Å²) in [5.41, 5.74) is 0.522. The Balaban J connectivity index is 0.00000264. The molecule has 1 saturated heterocycles. The Kier molecular flexibility index (Phi) is 7.86. The first-order chi connectivity index (χ1) is 10.4. The van der Waals surface area contributed by atoms with Gasteiger partial charge in [-0.1, -0.05) is 22.0 Å². The lowest BCUT2D eigenvalue weighted by atomic mass is 10.00. The van der Waals surface area contributed by atoms with Crippen LogP contribution in [0.5, 0.6) is 5.75 Å². The highest BCUT2D eigenvalue weighted by atomic mass is 79.9. The third-order valence-corrected chi connectivity index (χ3v) is 4.03. The van der Waals surface area contributed by atoms with Crippen molar-refractivity contribution in [2.24, 2.45) is 0 Å². The van der Waals surface area contributed by atoms with Gasteiger partial charge < -0.3 is 10.1 Å². The van der Waals surface area contributed by atoms with Gasteiger partial charge >= 0.3 is 6.36 Å². The number of nitrogens with zero attached hydrogens (tertiary/aromatic N) is 1. The molecule has 1 aliphatic heterocycles. The van der Waals surface area contributed by atoms with Crippen LogP contribution >= 0.6 is 28.3 Å².